The van der Waals surface area contributed by atoms with E-state index in [-0.39, 0.29) is 34.1 Å². The molecule has 3 aromatic carbocycles. The Morgan fingerprint density at radius 1 is 0.906 bits per heavy atom. The van der Waals surface area contributed by atoms with Crippen LogP contribution in [-0.4, -0.2) is 29.5 Å². The lowest BCUT2D eigenvalue weighted by Crippen LogP contribution is -2.08. The average Bonchev–Trinajstić information content (AvgIpc) is 2.81. The van der Waals surface area contributed by atoms with Gasteiger partial charge in [-0.25, -0.2) is 0 Å². The van der Waals surface area contributed by atoms with Crippen molar-refractivity contribution in [3.05, 3.63) is 75.9 Å². The number of phenolic OH excluding ortho intramolecular Hbond substituents is 2. The van der Waals surface area contributed by atoms with Crippen LogP contribution >= 0.6 is 0 Å². The lowest BCUT2D eigenvalue weighted by atomic mass is 9.90. The van der Waals surface area contributed by atoms with Gasteiger partial charge in [0.25, 0.3) is 0 Å². The largest absolute Gasteiger partial charge is 0.508 e. The standard InChI is InChI=1S/C25H22O7/c1-13(14-4-8-16(26)9-5-14)20-19(31-3)12-18(27)21-22(28)23(29)24(32-25(20)21)15-6-10-17(30-2)11-7-15/h4-13,26-27,29H,1-3H3/t13-/m1/s1. The normalized spacial score (nSPS) is 12.0. The van der Waals surface area contributed by atoms with Crippen molar-refractivity contribution in [3.8, 4) is 40.1 Å². The molecule has 32 heavy (non-hydrogen) atoms. The van der Waals surface area contributed by atoms with Crippen LogP contribution in [0.25, 0.3) is 22.3 Å². The third-order valence-electron chi connectivity index (χ3n) is 5.52. The molecule has 7 nitrogen and oxygen atoms in total. The van der Waals surface area contributed by atoms with Crippen molar-refractivity contribution in [2.75, 3.05) is 14.2 Å². The van der Waals surface area contributed by atoms with Crippen molar-refractivity contribution in [2.45, 2.75) is 12.8 Å². The SMILES string of the molecule is COc1ccc(-c2oc3c([C@H](C)c4ccc(O)cc4)c(OC)cc(O)c3c(=O)c2O)cc1. The van der Waals surface area contributed by atoms with Gasteiger partial charge < -0.3 is 29.2 Å². The second-order valence-electron chi connectivity index (χ2n) is 7.37. The quantitative estimate of drug-likeness (QED) is 0.416. The van der Waals surface area contributed by atoms with Gasteiger partial charge in [-0.15, -0.1) is 0 Å². The molecule has 0 unspecified atom stereocenters. The highest BCUT2D eigenvalue weighted by molar-refractivity contribution is 5.91. The number of ether oxygens (including phenoxy) is 2. The summed E-state index contributed by atoms with van der Waals surface area (Å²) in [6.45, 7) is 1.89. The molecule has 1 heterocycles. The van der Waals surface area contributed by atoms with Gasteiger partial charge in [0.2, 0.25) is 11.2 Å². The van der Waals surface area contributed by atoms with E-state index in [2.05, 4.69) is 0 Å². The number of phenols is 2. The highest BCUT2D eigenvalue weighted by atomic mass is 16.5. The maximum Gasteiger partial charge on any atom is 0.238 e. The Bertz CT molecular complexity index is 1340. The highest BCUT2D eigenvalue weighted by Crippen LogP contribution is 2.43. The second-order valence-corrected chi connectivity index (χ2v) is 7.37. The number of aromatic hydroxyl groups is 3. The van der Waals surface area contributed by atoms with E-state index in [0.717, 1.165) is 5.56 Å². The Labute approximate surface area is 183 Å². The first-order valence-electron chi connectivity index (χ1n) is 9.88. The molecule has 4 aromatic rings. The van der Waals surface area contributed by atoms with E-state index in [9.17, 15) is 20.1 Å². The molecule has 0 saturated carbocycles. The summed E-state index contributed by atoms with van der Waals surface area (Å²) in [5.74, 6) is -0.263. The molecular formula is C25H22O7. The van der Waals surface area contributed by atoms with Crippen LogP contribution in [0.4, 0.5) is 0 Å². The molecule has 0 aliphatic heterocycles. The Hall–Kier alpha value is -4.13. The molecule has 0 amide bonds. The third-order valence-corrected chi connectivity index (χ3v) is 5.52. The van der Waals surface area contributed by atoms with Gasteiger partial charge in [0.15, 0.2) is 5.76 Å². The number of rotatable bonds is 5. The fraction of sp³-hybridized carbons (Fsp3) is 0.160. The van der Waals surface area contributed by atoms with Crippen molar-refractivity contribution < 1.29 is 29.2 Å². The molecule has 0 spiro atoms. The van der Waals surface area contributed by atoms with Gasteiger partial charge in [-0.05, 0) is 42.0 Å². The molecule has 3 N–H and O–H groups in total. The van der Waals surface area contributed by atoms with Crippen LogP contribution in [0.5, 0.6) is 28.7 Å². The zero-order valence-electron chi connectivity index (χ0n) is 17.7. The molecule has 164 valence electrons. The Balaban J connectivity index is 2.04. The molecule has 0 fully saturated rings. The van der Waals surface area contributed by atoms with Crippen molar-refractivity contribution in [3.63, 3.8) is 0 Å². The monoisotopic (exact) mass is 434 g/mol. The number of fused-ring (bicyclic) bond motifs is 1. The molecule has 1 atom stereocenters. The minimum Gasteiger partial charge on any atom is -0.508 e. The van der Waals surface area contributed by atoms with Gasteiger partial charge >= 0.3 is 0 Å². The van der Waals surface area contributed by atoms with Gasteiger partial charge in [0, 0.05) is 23.1 Å². The molecule has 0 aliphatic carbocycles. The Morgan fingerprint density at radius 3 is 2.16 bits per heavy atom. The van der Waals surface area contributed by atoms with Crippen molar-refractivity contribution in [2.24, 2.45) is 0 Å². The summed E-state index contributed by atoms with van der Waals surface area (Å²) < 4.78 is 16.7. The smallest absolute Gasteiger partial charge is 0.238 e. The van der Waals surface area contributed by atoms with E-state index < -0.39 is 11.2 Å². The summed E-state index contributed by atoms with van der Waals surface area (Å²) in [7, 11) is 2.99. The number of benzene rings is 3. The number of hydrogen-bond acceptors (Lipinski definition) is 7. The highest BCUT2D eigenvalue weighted by Gasteiger charge is 2.26. The molecule has 0 radical (unpaired) electrons. The number of hydrogen-bond donors (Lipinski definition) is 3. The predicted octanol–water partition coefficient (Wildman–Crippen LogP) is 4.75. The van der Waals surface area contributed by atoms with Gasteiger partial charge in [0.05, 0.1) is 14.2 Å². The minimum absolute atomic E-state index is 0.0306. The van der Waals surface area contributed by atoms with E-state index >= 15 is 0 Å². The molecule has 7 heteroatoms. The lowest BCUT2D eigenvalue weighted by molar-refractivity contribution is 0.400. The van der Waals surface area contributed by atoms with Crippen LogP contribution < -0.4 is 14.9 Å². The summed E-state index contributed by atoms with van der Waals surface area (Å²) in [6, 6.07) is 14.6. The van der Waals surface area contributed by atoms with Gasteiger partial charge in [-0.2, -0.15) is 0 Å². The maximum absolute atomic E-state index is 13.1. The Kier molecular flexibility index (Phi) is 5.40. The van der Waals surface area contributed by atoms with E-state index in [4.69, 9.17) is 13.9 Å². The van der Waals surface area contributed by atoms with E-state index in [1.807, 2.05) is 6.92 Å². The fourth-order valence-electron chi connectivity index (χ4n) is 3.78. The predicted molar refractivity (Wildman–Crippen MR) is 120 cm³/mol. The summed E-state index contributed by atoms with van der Waals surface area (Å²) in [5, 5.41) is 30.6. The van der Waals surface area contributed by atoms with Crippen LogP contribution in [0.3, 0.4) is 0 Å². The van der Waals surface area contributed by atoms with E-state index in [1.54, 1.807) is 48.5 Å². The van der Waals surface area contributed by atoms with Crippen molar-refractivity contribution in [1.29, 1.82) is 0 Å². The molecule has 0 bridgehead atoms. The van der Waals surface area contributed by atoms with Crippen LogP contribution in [0.2, 0.25) is 0 Å². The average molecular weight is 434 g/mol. The van der Waals surface area contributed by atoms with Gasteiger partial charge in [-0.3, -0.25) is 4.79 Å². The number of methoxy groups -OCH3 is 2. The molecule has 1 aromatic heterocycles. The van der Waals surface area contributed by atoms with Gasteiger partial charge in [-0.1, -0.05) is 19.1 Å². The molecule has 0 saturated heterocycles. The molecule has 0 aliphatic rings. The first-order valence-corrected chi connectivity index (χ1v) is 9.88. The van der Waals surface area contributed by atoms with Crippen LogP contribution in [0.15, 0.2) is 63.8 Å². The second kappa shape index (κ2) is 8.19. The summed E-state index contributed by atoms with van der Waals surface area (Å²) in [5.41, 5.74) is 1.17. The van der Waals surface area contributed by atoms with E-state index in [0.29, 0.717) is 22.6 Å². The van der Waals surface area contributed by atoms with Crippen LogP contribution in [0.1, 0.15) is 24.0 Å². The molecule has 4 rings (SSSR count). The van der Waals surface area contributed by atoms with Gasteiger partial charge in [0.1, 0.15) is 34.0 Å². The lowest BCUT2D eigenvalue weighted by Gasteiger charge is -2.19. The minimum atomic E-state index is -0.753. The zero-order chi connectivity index (χ0) is 23.0. The fourth-order valence-corrected chi connectivity index (χ4v) is 3.78. The summed E-state index contributed by atoms with van der Waals surface area (Å²) >= 11 is 0. The zero-order valence-corrected chi connectivity index (χ0v) is 17.7. The first kappa shape index (κ1) is 21.1. The van der Waals surface area contributed by atoms with Crippen LogP contribution in [-0.2, 0) is 0 Å². The van der Waals surface area contributed by atoms with E-state index in [1.165, 1.54) is 20.3 Å². The summed E-state index contributed by atoms with van der Waals surface area (Å²) in [6.07, 6.45) is 0. The first-order chi connectivity index (χ1) is 15.3. The topological polar surface area (TPSA) is 109 Å². The Morgan fingerprint density at radius 2 is 1.56 bits per heavy atom. The van der Waals surface area contributed by atoms with Crippen molar-refractivity contribution in [1.82, 2.24) is 0 Å². The van der Waals surface area contributed by atoms with Crippen molar-refractivity contribution >= 4 is 11.0 Å². The maximum atomic E-state index is 13.1. The van der Waals surface area contributed by atoms with Crippen LogP contribution in [0, 0.1) is 0 Å². The summed E-state index contributed by atoms with van der Waals surface area (Å²) in [4.78, 5) is 13.1. The molecular weight excluding hydrogens is 412 g/mol. The third kappa shape index (κ3) is 3.47.